The summed E-state index contributed by atoms with van der Waals surface area (Å²) in [7, 11) is -3.81. The molecule has 0 amide bonds. The van der Waals surface area contributed by atoms with Crippen molar-refractivity contribution in [1.29, 1.82) is 0 Å². The zero-order valence-electron chi connectivity index (χ0n) is 12.7. The van der Waals surface area contributed by atoms with E-state index in [4.69, 9.17) is 23.2 Å². The molecule has 24 heavy (non-hydrogen) atoms. The standard InChI is InChI=1S/C18H14Cl2O3S/c1-13(21)12-18(15-4-8-17(20)9-5-15)24(22,23)11-10-14-2-6-16(19)7-3-14/h2-12H,1H3/b11-10?,18-12-. The Bertz CT molecular complexity index is 894. The van der Waals surface area contributed by atoms with E-state index in [-0.39, 0.29) is 10.7 Å². The van der Waals surface area contributed by atoms with E-state index >= 15 is 0 Å². The lowest BCUT2D eigenvalue weighted by atomic mass is 10.2. The summed E-state index contributed by atoms with van der Waals surface area (Å²) in [6, 6.07) is 13.0. The lowest BCUT2D eigenvalue weighted by molar-refractivity contribution is -0.112. The Morgan fingerprint density at radius 2 is 1.42 bits per heavy atom. The van der Waals surface area contributed by atoms with Gasteiger partial charge in [-0.05, 0) is 48.4 Å². The summed E-state index contributed by atoms with van der Waals surface area (Å²) in [4.78, 5) is 11.4. The predicted molar refractivity (Wildman–Crippen MR) is 99.5 cm³/mol. The first-order chi connectivity index (χ1) is 11.3. The van der Waals surface area contributed by atoms with Crippen LogP contribution in [0.1, 0.15) is 18.1 Å². The number of benzene rings is 2. The van der Waals surface area contributed by atoms with Gasteiger partial charge in [0, 0.05) is 21.5 Å². The van der Waals surface area contributed by atoms with Crippen molar-refractivity contribution in [3.05, 3.63) is 81.2 Å². The molecule has 0 saturated heterocycles. The molecular weight excluding hydrogens is 367 g/mol. The highest BCUT2D eigenvalue weighted by Gasteiger charge is 2.17. The lowest BCUT2D eigenvalue weighted by Crippen LogP contribution is -2.02. The van der Waals surface area contributed by atoms with Gasteiger partial charge in [-0.2, -0.15) is 0 Å². The molecule has 3 nitrogen and oxygen atoms in total. The minimum Gasteiger partial charge on any atom is -0.295 e. The summed E-state index contributed by atoms with van der Waals surface area (Å²) in [6.07, 6.45) is 2.56. The first kappa shape index (κ1) is 18.5. The van der Waals surface area contributed by atoms with Crippen molar-refractivity contribution in [1.82, 2.24) is 0 Å². The maximum atomic E-state index is 12.6. The van der Waals surface area contributed by atoms with Gasteiger partial charge in [-0.1, -0.05) is 47.5 Å². The third-order valence-electron chi connectivity index (χ3n) is 3.08. The second kappa shape index (κ2) is 7.79. The lowest BCUT2D eigenvalue weighted by Gasteiger charge is -2.06. The fourth-order valence-electron chi connectivity index (χ4n) is 1.94. The molecule has 0 heterocycles. The van der Waals surface area contributed by atoms with Crippen LogP contribution in [0, 0.1) is 0 Å². The third-order valence-corrected chi connectivity index (χ3v) is 5.04. The van der Waals surface area contributed by atoms with Crippen LogP contribution in [-0.4, -0.2) is 14.2 Å². The van der Waals surface area contributed by atoms with Crippen LogP contribution >= 0.6 is 23.2 Å². The molecule has 2 rings (SSSR count). The van der Waals surface area contributed by atoms with Gasteiger partial charge in [0.15, 0.2) is 5.78 Å². The normalized spacial score (nSPS) is 12.5. The zero-order valence-corrected chi connectivity index (χ0v) is 15.1. The Hall–Kier alpha value is -1.88. The number of hydrogen-bond acceptors (Lipinski definition) is 3. The Labute approximate surface area is 151 Å². The van der Waals surface area contributed by atoms with E-state index in [0.29, 0.717) is 21.2 Å². The van der Waals surface area contributed by atoms with Gasteiger partial charge < -0.3 is 0 Å². The third kappa shape index (κ3) is 5.06. The number of carbonyl (C=O) groups excluding carboxylic acids is 1. The Morgan fingerprint density at radius 1 is 0.917 bits per heavy atom. The van der Waals surface area contributed by atoms with Gasteiger partial charge in [0.25, 0.3) is 0 Å². The highest BCUT2D eigenvalue weighted by molar-refractivity contribution is 8.03. The quantitative estimate of drug-likeness (QED) is 0.685. The van der Waals surface area contributed by atoms with Crippen molar-refractivity contribution in [2.24, 2.45) is 0 Å². The SMILES string of the molecule is CC(=O)/C=C(/c1ccc(Cl)cc1)S(=O)(=O)C=Cc1ccc(Cl)cc1. The first-order valence-electron chi connectivity index (χ1n) is 6.95. The van der Waals surface area contributed by atoms with Crippen molar-refractivity contribution in [3.63, 3.8) is 0 Å². The Kier molecular flexibility index (Phi) is 5.99. The fourth-order valence-corrected chi connectivity index (χ4v) is 3.47. The van der Waals surface area contributed by atoms with E-state index in [1.807, 2.05) is 0 Å². The molecule has 0 aromatic heterocycles. The van der Waals surface area contributed by atoms with Crippen molar-refractivity contribution in [2.45, 2.75) is 6.92 Å². The first-order valence-corrected chi connectivity index (χ1v) is 9.25. The molecule has 0 aliphatic rings. The molecule has 2 aromatic carbocycles. The van der Waals surface area contributed by atoms with Crippen LogP contribution in [0.25, 0.3) is 11.0 Å². The summed E-state index contributed by atoms with van der Waals surface area (Å²) in [6.45, 7) is 1.30. The van der Waals surface area contributed by atoms with Crippen LogP contribution in [0.15, 0.2) is 60.0 Å². The number of sulfone groups is 1. The van der Waals surface area contributed by atoms with Gasteiger partial charge in [-0.25, -0.2) is 8.42 Å². The van der Waals surface area contributed by atoms with Gasteiger partial charge in [0.1, 0.15) is 0 Å². The molecule has 0 spiro atoms. The monoisotopic (exact) mass is 380 g/mol. The van der Waals surface area contributed by atoms with Crippen LogP contribution in [0.3, 0.4) is 0 Å². The van der Waals surface area contributed by atoms with E-state index in [0.717, 1.165) is 11.5 Å². The number of rotatable bonds is 5. The molecule has 124 valence electrons. The van der Waals surface area contributed by atoms with Crippen LogP contribution < -0.4 is 0 Å². The van der Waals surface area contributed by atoms with E-state index in [1.54, 1.807) is 48.5 Å². The highest BCUT2D eigenvalue weighted by Crippen LogP contribution is 2.25. The maximum Gasteiger partial charge on any atom is 0.200 e. The molecule has 0 aliphatic carbocycles. The summed E-state index contributed by atoms with van der Waals surface area (Å²) in [5.74, 6) is -0.358. The average Bonchev–Trinajstić information content (AvgIpc) is 2.53. The number of allylic oxidation sites excluding steroid dienone is 1. The second-order valence-corrected chi connectivity index (χ2v) is 7.70. The van der Waals surface area contributed by atoms with Gasteiger partial charge in [-0.15, -0.1) is 0 Å². The summed E-state index contributed by atoms with van der Waals surface area (Å²) in [5.41, 5.74) is 1.08. The smallest absolute Gasteiger partial charge is 0.200 e. The molecule has 0 bridgehead atoms. The molecular formula is C18H14Cl2O3S. The molecule has 0 atom stereocenters. The molecule has 0 N–H and O–H groups in total. The average molecular weight is 381 g/mol. The summed E-state index contributed by atoms with van der Waals surface area (Å²) >= 11 is 11.6. The molecule has 0 radical (unpaired) electrons. The topological polar surface area (TPSA) is 51.2 Å². The summed E-state index contributed by atoms with van der Waals surface area (Å²) < 4.78 is 25.3. The second-order valence-electron chi connectivity index (χ2n) is 5.03. The van der Waals surface area contributed by atoms with Crippen molar-refractivity contribution < 1.29 is 13.2 Å². The van der Waals surface area contributed by atoms with Gasteiger partial charge in [-0.3, -0.25) is 4.79 Å². The predicted octanol–water partition coefficient (Wildman–Crippen LogP) is 5.01. The van der Waals surface area contributed by atoms with Crippen LogP contribution in [-0.2, 0) is 14.6 Å². The van der Waals surface area contributed by atoms with E-state index in [1.165, 1.54) is 13.0 Å². The molecule has 2 aromatic rings. The van der Waals surface area contributed by atoms with E-state index in [2.05, 4.69) is 0 Å². The number of hydrogen-bond donors (Lipinski definition) is 0. The van der Waals surface area contributed by atoms with Gasteiger partial charge in [0.2, 0.25) is 9.84 Å². The zero-order chi connectivity index (χ0) is 17.7. The highest BCUT2D eigenvalue weighted by atomic mass is 35.5. The minimum atomic E-state index is -3.81. The minimum absolute atomic E-state index is 0.0723. The molecule has 0 saturated carbocycles. The molecule has 0 unspecified atom stereocenters. The molecule has 0 aliphatic heterocycles. The number of halogens is 2. The van der Waals surface area contributed by atoms with Crippen LogP contribution in [0.2, 0.25) is 10.0 Å². The summed E-state index contributed by atoms with van der Waals surface area (Å²) in [5, 5.41) is 2.11. The van der Waals surface area contributed by atoms with Crippen molar-refractivity contribution in [3.8, 4) is 0 Å². The van der Waals surface area contributed by atoms with Gasteiger partial charge in [0.05, 0.1) is 4.91 Å². The van der Waals surface area contributed by atoms with Crippen molar-refractivity contribution in [2.75, 3.05) is 0 Å². The van der Waals surface area contributed by atoms with E-state index in [9.17, 15) is 13.2 Å². The van der Waals surface area contributed by atoms with Crippen LogP contribution in [0.5, 0.6) is 0 Å². The maximum absolute atomic E-state index is 12.6. The fraction of sp³-hybridized carbons (Fsp3) is 0.0556. The number of ketones is 1. The van der Waals surface area contributed by atoms with Crippen LogP contribution in [0.4, 0.5) is 0 Å². The number of carbonyl (C=O) groups is 1. The largest absolute Gasteiger partial charge is 0.295 e. The Morgan fingerprint density at radius 3 is 1.92 bits per heavy atom. The molecule has 0 fully saturated rings. The van der Waals surface area contributed by atoms with Gasteiger partial charge >= 0.3 is 0 Å². The Balaban J connectivity index is 2.42. The van der Waals surface area contributed by atoms with E-state index < -0.39 is 9.84 Å². The molecule has 6 heteroatoms. The van der Waals surface area contributed by atoms with Crippen molar-refractivity contribution >= 4 is 49.8 Å².